The van der Waals surface area contributed by atoms with E-state index < -0.39 is 0 Å². The minimum absolute atomic E-state index is 0.139. The van der Waals surface area contributed by atoms with Crippen molar-refractivity contribution in [2.45, 2.75) is 32.4 Å². The molecule has 0 amide bonds. The van der Waals surface area contributed by atoms with E-state index >= 15 is 0 Å². The number of rotatable bonds is 7. The van der Waals surface area contributed by atoms with E-state index in [1.807, 2.05) is 55.0 Å². The van der Waals surface area contributed by atoms with Gasteiger partial charge in [0.15, 0.2) is 0 Å². The number of halogens is 2. The van der Waals surface area contributed by atoms with E-state index in [2.05, 4.69) is 16.5 Å². The molecule has 0 radical (unpaired) electrons. The van der Waals surface area contributed by atoms with Gasteiger partial charge in [-0.15, -0.1) is 0 Å². The molecule has 3 aromatic rings. The Kier molecular flexibility index (Phi) is 6.00. The summed E-state index contributed by atoms with van der Waals surface area (Å²) in [7, 11) is 0. The minimum Gasteiger partial charge on any atom is -0.489 e. The fourth-order valence-corrected chi connectivity index (χ4v) is 3.28. The second-order valence-corrected chi connectivity index (χ2v) is 6.79. The first-order valence-electron chi connectivity index (χ1n) is 8.31. The van der Waals surface area contributed by atoms with Gasteiger partial charge in [0.2, 0.25) is 0 Å². The molecule has 3 nitrogen and oxygen atoms in total. The normalized spacial score (nSPS) is 12.1. The number of ether oxygens (including phenoxy) is 1. The smallest absolute Gasteiger partial charge is 0.125 e. The number of nitrogens with zero attached hydrogens (tertiary/aromatic N) is 2. The molecule has 1 heterocycles. The van der Waals surface area contributed by atoms with E-state index in [0.29, 0.717) is 16.7 Å². The third-order valence-electron chi connectivity index (χ3n) is 4.06. The van der Waals surface area contributed by atoms with Crippen LogP contribution in [0.25, 0.3) is 0 Å². The van der Waals surface area contributed by atoms with Gasteiger partial charge >= 0.3 is 0 Å². The molecule has 0 N–H and O–H groups in total. The zero-order valence-corrected chi connectivity index (χ0v) is 15.5. The molecule has 0 aliphatic heterocycles. The summed E-state index contributed by atoms with van der Waals surface area (Å²) in [6.07, 6.45) is 7.62. The Morgan fingerprint density at radius 3 is 2.68 bits per heavy atom. The second kappa shape index (κ2) is 8.41. The van der Waals surface area contributed by atoms with E-state index in [1.54, 1.807) is 6.20 Å². The van der Waals surface area contributed by atoms with Crippen LogP contribution in [-0.4, -0.2) is 9.55 Å². The van der Waals surface area contributed by atoms with Crippen LogP contribution in [0.1, 0.15) is 36.9 Å². The first-order chi connectivity index (χ1) is 12.2. The highest BCUT2D eigenvalue weighted by Gasteiger charge is 2.18. The number of imidazole rings is 1. The van der Waals surface area contributed by atoms with Crippen LogP contribution in [0.5, 0.6) is 5.75 Å². The van der Waals surface area contributed by atoms with Crippen LogP contribution < -0.4 is 4.74 Å². The molecule has 0 bridgehead atoms. The van der Waals surface area contributed by atoms with Crippen molar-refractivity contribution in [3.05, 3.63) is 82.4 Å². The van der Waals surface area contributed by atoms with Gasteiger partial charge in [-0.05, 0) is 42.3 Å². The van der Waals surface area contributed by atoms with Gasteiger partial charge in [0, 0.05) is 28.0 Å². The molecule has 1 unspecified atom stereocenters. The summed E-state index contributed by atoms with van der Waals surface area (Å²) < 4.78 is 8.21. The van der Waals surface area contributed by atoms with Crippen LogP contribution in [0.3, 0.4) is 0 Å². The molecule has 0 fully saturated rings. The average molecular weight is 375 g/mol. The lowest BCUT2D eigenvalue weighted by Crippen LogP contribution is -2.11. The predicted octanol–water partition coefficient (Wildman–Crippen LogP) is 6.16. The van der Waals surface area contributed by atoms with Gasteiger partial charge in [0.05, 0.1) is 12.4 Å². The topological polar surface area (TPSA) is 27.1 Å². The predicted molar refractivity (Wildman–Crippen MR) is 103 cm³/mol. The van der Waals surface area contributed by atoms with E-state index in [0.717, 1.165) is 29.7 Å². The Hall–Kier alpha value is -1.97. The van der Waals surface area contributed by atoms with Gasteiger partial charge in [0.25, 0.3) is 0 Å². The fraction of sp³-hybridized carbons (Fsp3) is 0.250. The quantitative estimate of drug-likeness (QED) is 0.495. The van der Waals surface area contributed by atoms with Crippen LogP contribution in [0, 0.1) is 0 Å². The van der Waals surface area contributed by atoms with Crippen molar-refractivity contribution < 1.29 is 4.74 Å². The average Bonchev–Trinajstić information content (AvgIpc) is 3.13. The van der Waals surface area contributed by atoms with Crippen LogP contribution in [-0.2, 0) is 6.61 Å². The number of hydrogen-bond donors (Lipinski definition) is 0. The van der Waals surface area contributed by atoms with Gasteiger partial charge in [0.1, 0.15) is 12.4 Å². The maximum atomic E-state index is 6.26. The van der Waals surface area contributed by atoms with E-state index in [-0.39, 0.29) is 6.04 Å². The van der Waals surface area contributed by atoms with Gasteiger partial charge in [-0.3, -0.25) is 0 Å². The monoisotopic (exact) mass is 374 g/mol. The fourth-order valence-electron chi connectivity index (χ4n) is 2.89. The summed E-state index contributed by atoms with van der Waals surface area (Å²) in [5.41, 5.74) is 2.09. The van der Waals surface area contributed by atoms with E-state index in [4.69, 9.17) is 27.9 Å². The molecule has 5 heteroatoms. The van der Waals surface area contributed by atoms with Crippen LogP contribution >= 0.6 is 23.2 Å². The van der Waals surface area contributed by atoms with E-state index in [1.165, 1.54) is 0 Å². The Balaban J connectivity index is 1.89. The molecule has 0 spiro atoms. The molecule has 0 aliphatic carbocycles. The van der Waals surface area contributed by atoms with E-state index in [9.17, 15) is 0 Å². The summed E-state index contributed by atoms with van der Waals surface area (Å²) in [5.74, 6) is 0.830. The molecule has 130 valence electrons. The lowest BCUT2D eigenvalue weighted by atomic mass is 10.0. The van der Waals surface area contributed by atoms with Gasteiger partial charge in [-0.25, -0.2) is 4.98 Å². The molecule has 0 saturated carbocycles. The van der Waals surface area contributed by atoms with Crippen molar-refractivity contribution in [3.63, 3.8) is 0 Å². The molecule has 2 aromatic carbocycles. The Morgan fingerprint density at radius 1 is 1.12 bits per heavy atom. The zero-order valence-electron chi connectivity index (χ0n) is 14.0. The van der Waals surface area contributed by atoms with Crippen molar-refractivity contribution in [1.82, 2.24) is 9.55 Å². The molecule has 25 heavy (non-hydrogen) atoms. The zero-order chi connectivity index (χ0) is 17.6. The van der Waals surface area contributed by atoms with Crippen molar-refractivity contribution >= 4 is 23.2 Å². The second-order valence-electron chi connectivity index (χ2n) is 5.92. The first kappa shape index (κ1) is 17.8. The van der Waals surface area contributed by atoms with Crippen molar-refractivity contribution in [2.24, 2.45) is 0 Å². The molecule has 0 aliphatic rings. The Labute approximate surface area is 158 Å². The lowest BCUT2D eigenvalue weighted by Gasteiger charge is -2.22. The highest BCUT2D eigenvalue weighted by molar-refractivity contribution is 6.30. The maximum Gasteiger partial charge on any atom is 0.125 e. The third kappa shape index (κ3) is 4.56. The SMILES string of the molecule is CCCC(c1cc(Cl)ccc1OCc1cccc(Cl)c1)n1ccnc1. The van der Waals surface area contributed by atoms with Crippen molar-refractivity contribution in [1.29, 1.82) is 0 Å². The van der Waals surface area contributed by atoms with Crippen LogP contribution in [0.4, 0.5) is 0 Å². The standard InChI is InChI=1S/C20H20Cl2N2O/c1-2-4-19(24-10-9-23-14-24)18-12-17(22)7-8-20(18)25-13-15-5-3-6-16(21)11-15/h3,5-12,14,19H,2,4,13H2,1H3. The Bertz CT molecular complexity index is 818. The first-order valence-corrected chi connectivity index (χ1v) is 9.07. The summed E-state index contributed by atoms with van der Waals surface area (Å²) >= 11 is 12.3. The molecule has 1 atom stereocenters. The summed E-state index contributed by atoms with van der Waals surface area (Å²) in [6, 6.07) is 13.6. The molecule has 1 aromatic heterocycles. The molecular weight excluding hydrogens is 355 g/mol. The maximum absolute atomic E-state index is 6.26. The lowest BCUT2D eigenvalue weighted by molar-refractivity contribution is 0.298. The summed E-state index contributed by atoms with van der Waals surface area (Å²) in [4.78, 5) is 4.18. The minimum atomic E-state index is 0.139. The number of benzene rings is 2. The molecule has 3 rings (SSSR count). The third-order valence-corrected chi connectivity index (χ3v) is 4.53. The highest BCUT2D eigenvalue weighted by atomic mass is 35.5. The van der Waals surface area contributed by atoms with Gasteiger partial charge in [-0.2, -0.15) is 0 Å². The van der Waals surface area contributed by atoms with Crippen LogP contribution in [0.2, 0.25) is 10.0 Å². The highest BCUT2D eigenvalue weighted by Crippen LogP contribution is 2.34. The largest absolute Gasteiger partial charge is 0.489 e. The van der Waals surface area contributed by atoms with Crippen molar-refractivity contribution in [3.8, 4) is 5.75 Å². The molecule has 0 saturated heterocycles. The Morgan fingerprint density at radius 2 is 1.96 bits per heavy atom. The van der Waals surface area contributed by atoms with Crippen molar-refractivity contribution in [2.75, 3.05) is 0 Å². The number of hydrogen-bond acceptors (Lipinski definition) is 2. The summed E-state index contributed by atoms with van der Waals surface area (Å²) in [6.45, 7) is 2.62. The van der Waals surface area contributed by atoms with Gasteiger partial charge < -0.3 is 9.30 Å². The summed E-state index contributed by atoms with van der Waals surface area (Å²) in [5, 5.41) is 1.41. The van der Waals surface area contributed by atoms with Gasteiger partial charge in [-0.1, -0.05) is 48.7 Å². The number of aromatic nitrogens is 2. The van der Waals surface area contributed by atoms with Crippen LogP contribution in [0.15, 0.2) is 61.2 Å². The molecular formula is C20H20Cl2N2O.